The average Bonchev–Trinajstić information content (AvgIpc) is 3.20. The van der Waals surface area contributed by atoms with E-state index in [0.717, 1.165) is 11.2 Å². The predicted octanol–water partition coefficient (Wildman–Crippen LogP) is 6.12. The number of ether oxygens (including phenoxy) is 1. The molecular formula is C24H22Cl2F2N2O2. The van der Waals surface area contributed by atoms with Crippen molar-refractivity contribution in [3.63, 3.8) is 0 Å². The minimum atomic E-state index is -3.11. The zero-order valence-corrected chi connectivity index (χ0v) is 19.0. The molecule has 2 aromatic carbocycles. The van der Waals surface area contributed by atoms with Crippen molar-refractivity contribution in [3.8, 4) is 0 Å². The molecule has 8 heteroatoms. The van der Waals surface area contributed by atoms with Crippen LogP contribution in [-0.4, -0.2) is 42.1 Å². The number of halogens is 4. The first-order valence-electron chi connectivity index (χ1n) is 10.2. The van der Waals surface area contributed by atoms with Gasteiger partial charge in [-0.1, -0.05) is 29.8 Å². The van der Waals surface area contributed by atoms with Crippen LogP contribution in [0.2, 0.25) is 10.0 Å². The molecule has 0 radical (unpaired) electrons. The smallest absolute Gasteiger partial charge is 0.291 e. The summed E-state index contributed by atoms with van der Waals surface area (Å²) < 4.78 is 33.5. The van der Waals surface area contributed by atoms with Crippen LogP contribution in [0.25, 0.3) is 10.9 Å². The van der Waals surface area contributed by atoms with E-state index < -0.39 is 5.92 Å². The maximum atomic E-state index is 14.1. The van der Waals surface area contributed by atoms with Crippen molar-refractivity contribution in [2.75, 3.05) is 26.3 Å². The van der Waals surface area contributed by atoms with Gasteiger partial charge in [0.1, 0.15) is 0 Å². The van der Waals surface area contributed by atoms with Gasteiger partial charge in [0.25, 0.3) is 11.8 Å². The van der Waals surface area contributed by atoms with Gasteiger partial charge in [-0.2, -0.15) is 8.78 Å². The van der Waals surface area contributed by atoms with E-state index in [1.165, 1.54) is 12.1 Å². The molecule has 3 aromatic rings. The fourth-order valence-corrected chi connectivity index (χ4v) is 4.53. The first-order chi connectivity index (χ1) is 15.2. The monoisotopic (exact) mass is 478 g/mol. The van der Waals surface area contributed by atoms with Crippen molar-refractivity contribution in [2.24, 2.45) is 0 Å². The van der Waals surface area contributed by atoms with Crippen LogP contribution in [0, 0.1) is 6.92 Å². The molecule has 32 heavy (non-hydrogen) atoms. The van der Waals surface area contributed by atoms with Crippen LogP contribution in [-0.2, 0) is 17.1 Å². The molecule has 4 rings (SSSR count). The van der Waals surface area contributed by atoms with Gasteiger partial charge in [-0.05, 0) is 54.5 Å². The number of hydrogen-bond donors (Lipinski definition) is 1. The van der Waals surface area contributed by atoms with Gasteiger partial charge in [0.2, 0.25) is 0 Å². The Hall–Kier alpha value is -2.41. The van der Waals surface area contributed by atoms with Crippen LogP contribution >= 0.6 is 23.2 Å². The van der Waals surface area contributed by atoms with E-state index >= 15 is 0 Å². The van der Waals surface area contributed by atoms with Crippen molar-refractivity contribution < 1.29 is 18.3 Å². The summed E-state index contributed by atoms with van der Waals surface area (Å²) in [6.45, 7) is 7.00. The number of nitrogens with one attached hydrogen (secondary N) is 1. The molecule has 1 amide bonds. The first-order valence-corrected chi connectivity index (χ1v) is 10.9. The molecule has 1 saturated heterocycles. The Balaban J connectivity index is 1.68. The van der Waals surface area contributed by atoms with Gasteiger partial charge < -0.3 is 14.6 Å². The predicted molar refractivity (Wildman–Crippen MR) is 123 cm³/mol. The fraction of sp³-hybridized carbons (Fsp3) is 0.292. The summed E-state index contributed by atoms with van der Waals surface area (Å²) in [6, 6.07) is 7.99. The number of carbonyl (C=O) groups excluding carboxylic acids is 1. The van der Waals surface area contributed by atoms with Gasteiger partial charge in [0.05, 0.1) is 23.8 Å². The van der Waals surface area contributed by atoms with Gasteiger partial charge in [-0.25, -0.2) is 0 Å². The highest BCUT2D eigenvalue weighted by atomic mass is 35.5. The Morgan fingerprint density at radius 1 is 1.25 bits per heavy atom. The average molecular weight is 479 g/mol. The van der Waals surface area contributed by atoms with Crippen LogP contribution in [0.5, 0.6) is 0 Å². The second kappa shape index (κ2) is 8.85. The summed E-state index contributed by atoms with van der Waals surface area (Å²) >= 11 is 13.0. The number of aryl methyl sites for hydroxylation is 1. The molecule has 1 fully saturated rings. The van der Waals surface area contributed by atoms with Crippen LogP contribution in [0.4, 0.5) is 8.78 Å². The molecule has 1 aliphatic rings. The number of morpholine rings is 1. The molecule has 1 aromatic heterocycles. The van der Waals surface area contributed by atoms with E-state index in [1.54, 1.807) is 30.0 Å². The van der Waals surface area contributed by atoms with Crippen LogP contribution in [0.15, 0.2) is 43.0 Å². The van der Waals surface area contributed by atoms with Crippen LogP contribution in [0.1, 0.15) is 32.7 Å². The second-order valence-electron chi connectivity index (χ2n) is 7.85. The third-order valence-electron chi connectivity index (χ3n) is 5.70. The van der Waals surface area contributed by atoms with E-state index in [0.29, 0.717) is 70.9 Å². The van der Waals surface area contributed by atoms with Crippen molar-refractivity contribution >= 4 is 40.0 Å². The van der Waals surface area contributed by atoms with Crippen LogP contribution in [0.3, 0.4) is 0 Å². The van der Waals surface area contributed by atoms with E-state index in [2.05, 4.69) is 11.6 Å². The third kappa shape index (κ3) is 4.27. The minimum Gasteiger partial charge on any atom is -0.378 e. The standard InChI is InChI=1S/C24H22Cl2F2N2O2/c1-3-24(27,28)16-10-14(2)22-15(11-16)12-17(29-22)13-19-20(25)5-4-18(21(19)26)23(31)30-6-8-32-9-7-30/h3-5,10-12,29H,1,6-9,13H2,2H3. The van der Waals surface area contributed by atoms with Crippen LogP contribution < -0.4 is 0 Å². The number of hydrogen-bond acceptors (Lipinski definition) is 2. The number of aromatic nitrogens is 1. The highest BCUT2D eigenvalue weighted by molar-refractivity contribution is 6.38. The van der Waals surface area contributed by atoms with E-state index in [-0.39, 0.29) is 11.5 Å². The van der Waals surface area contributed by atoms with E-state index in [4.69, 9.17) is 27.9 Å². The normalized spacial score (nSPS) is 14.7. The summed E-state index contributed by atoms with van der Waals surface area (Å²) in [5.74, 6) is -3.28. The number of nitrogens with zero attached hydrogens (tertiary/aromatic N) is 1. The largest absolute Gasteiger partial charge is 0.378 e. The van der Waals surface area contributed by atoms with Gasteiger partial charge in [-0.15, -0.1) is 0 Å². The second-order valence-corrected chi connectivity index (χ2v) is 8.63. The molecule has 0 atom stereocenters. The molecule has 0 unspecified atom stereocenters. The number of amides is 1. The Labute approximate surface area is 194 Å². The summed E-state index contributed by atoms with van der Waals surface area (Å²) in [5.41, 5.74) is 3.08. The minimum absolute atomic E-state index is 0.114. The quantitative estimate of drug-likeness (QED) is 0.448. The lowest BCUT2D eigenvalue weighted by Crippen LogP contribution is -2.40. The molecule has 0 aliphatic carbocycles. The van der Waals surface area contributed by atoms with Gasteiger partial charge in [-0.3, -0.25) is 4.79 Å². The number of benzene rings is 2. The molecule has 2 heterocycles. The van der Waals surface area contributed by atoms with Gasteiger partial charge in [0.15, 0.2) is 0 Å². The summed E-state index contributed by atoms with van der Waals surface area (Å²) in [6.07, 6.45) is 0.959. The molecule has 1 N–H and O–H groups in total. The molecule has 0 bridgehead atoms. The zero-order valence-electron chi connectivity index (χ0n) is 17.5. The maximum Gasteiger partial charge on any atom is 0.291 e. The number of H-pyrrole nitrogens is 1. The summed E-state index contributed by atoms with van der Waals surface area (Å²) in [4.78, 5) is 17.9. The lowest BCUT2D eigenvalue weighted by Gasteiger charge is -2.27. The van der Waals surface area contributed by atoms with Crippen molar-refractivity contribution in [3.05, 3.63) is 81.0 Å². The van der Waals surface area contributed by atoms with Gasteiger partial charge in [0, 0.05) is 46.7 Å². The van der Waals surface area contributed by atoms with E-state index in [9.17, 15) is 13.6 Å². The molecule has 0 spiro atoms. The molecule has 4 nitrogen and oxygen atoms in total. The number of fused-ring (bicyclic) bond motifs is 1. The molecule has 1 aliphatic heterocycles. The van der Waals surface area contributed by atoms with E-state index in [1.807, 2.05) is 0 Å². The highest BCUT2D eigenvalue weighted by Gasteiger charge is 2.28. The third-order valence-corrected chi connectivity index (χ3v) is 6.49. The lowest BCUT2D eigenvalue weighted by atomic mass is 10.0. The zero-order chi connectivity index (χ0) is 23.0. The van der Waals surface area contributed by atoms with Gasteiger partial charge >= 0.3 is 0 Å². The topological polar surface area (TPSA) is 45.3 Å². The first kappa shape index (κ1) is 22.8. The number of carbonyl (C=O) groups is 1. The van der Waals surface area contributed by atoms with Crippen molar-refractivity contribution in [1.82, 2.24) is 9.88 Å². The highest BCUT2D eigenvalue weighted by Crippen LogP contribution is 2.35. The number of alkyl halides is 2. The number of rotatable bonds is 5. The van der Waals surface area contributed by atoms with Crippen molar-refractivity contribution in [1.29, 1.82) is 0 Å². The summed E-state index contributed by atoms with van der Waals surface area (Å²) in [7, 11) is 0. The number of allylic oxidation sites excluding steroid dienone is 1. The number of aromatic amines is 1. The molecule has 0 saturated carbocycles. The fourth-order valence-electron chi connectivity index (χ4n) is 3.94. The summed E-state index contributed by atoms with van der Waals surface area (Å²) in [5, 5.41) is 1.38. The Morgan fingerprint density at radius 3 is 2.66 bits per heavy atom. The molecular weight excluding hydrogens is 457 g/mol. The Kier molecular flexibility index (Phi) is 6.30. The maximum absolute atomic E-state index is 14.1. The van der Waals surface area contributed by atoms with Crippen molar-refractivity contribution in [2.45, 2.75) is 19.3 Å². The SMILES string of the molecule is C=CC(F)(F)c1cc(C)c2[nH]c(Cc3c(Cl)ccc(C(=O)N4CCOCC4)c3Cl)cc2c1. The lowest BCUT2D eigenvalue weighted by molar-refractivity contribution is 0.0303. The Morgan fingerprint density at radius 2 is 1.97 bits per heavy atom. The molecule has 168 valence electrons. The Bertz CT molecular complexity index is 1200.